The van der Waals surface area contributed by atoms with E-state index in [1.54, 1.807) is 18.6 Å². The molecule has 1 aromatic carbocycles. The van der Waals surface area contributed by atoms with Crippen LogP contribution in [0.5, 0.6) is 5.75 Å². The molecule has 0 aliphatic carbocycles. The number of amides is 3. The van der Waals surface area contributed by atoms with Gasteiger partial charge in [-0.1, -0.05) is 5.57 Å². The molecule has 0 unspecified atom stereocenters. The van der Waals surface area contributed by atoms with E-state index < -0.39 is 22.0 Å². The van der Waals surface area contributed by atoms with E-state index in [0.717, 1.165) is 0 Å². The molecule has 0 aliphatic heterocycles. The Kier molecular flexibility index (Phi) is 5.48. The molecule has 0 saturated carbocycles. The Morgan fingerprint density at radius 1 is 1.14 bits per heavy atom. The van der Waals surface area contributed by atoms with Gasteiger partial charge in [-0.25, -0.2) is 17.9 Å². The minimum atomic E-state index is -4.05. The van der Waals surface area contributed by atoms with E-state index in [2.05, 4.69) is 0 Å². The highest BCUT2D eigenvalue weighted by Gasteiger charge is 2.18. The molecule has 0 aliphatic rings. The van der Waals surface area contributed by atoms with Gasteiger partial charge >= 0.3 is 6.03 Å². The predicted octanol–water partition coefficient (Wildman–Crippen LogP) is 1.18. The number of nitrogens with one attached hydrogen (secondary N) is 2. The minimum absolute atomic E-state index is 0.117. The van der Waals surface area contributed by atoms with Crippen LogP contribution in [0.4, 0.5) is 4.79 Å². The van der Waals surface area contributed by atoms with Crippen LogP contribution in [-0.2, 0) is 14.8 Å². The molecule has 0 aromatic heterocycles. The monoisotopic (exact) mass is 312 g/mol. The molecule has 0 spiro atoms. The Morgan fingerprint density at radius 3 is 2.19 bits per heavy atom. The molecular formula is C13H16N2O5S. The Labute approximate surface area is 123 Å². The second-order valence-electron chi connectivity index (χ2n) is 4.32. The highest BCUT2D eigenvalue weighted by Crippen LogP contribution is 2.15. The van der Waals surface area contributed by atoms with Crippen LogP contribution in [0.2, 0.25) is 0 Å². The largest absolute Gasteiger partial charge is 0.497 e. The summed E-state index contributed by atoms with van der Waals surface area (Å²) in [5.74, 6) is -0.213. The number of rotatable bonds is 4. The zero-order valence-corrected chi connectivity index (χ0v) is 12.7. The summed E-state index contributed by atoms with van der Waals surface area (Å²) in [5.41, 5.74) is 0.679. The molecule has 0 heterocycles. The molecule has 1 rings (SSSR count). The van der Waals surface area contributed by atoms with Gasteiger partial charge in [-0.15, -0.1) is 0 Å². The van der Waals surface area contributed by atoms with Gasteiger partial charge < -0.3 is 4.74 Å². The quantitative estimate of drug-likeness (QED) is 0.813. The fourth-order valence-corrected chi connectivity index (χ4v) is 2.28. The highest BCUT2D eigenvalue weighted by atomic mass is 32.2. The zero-order chi connectivity index (χ0) is 16.0. The van der Waals surface area contributed by atoms with Gasteiger partial charge in [0.2, 0.25) is 0 Å². The fraction of sp³-hybridized carbons (Fsp3) is 0.231. The van der Waals surface area contributed by atoms with E-state index in [9.17, 15) is 18.0 Å². The first-order valence-corrected chi connectivity index (χ1v) is 7.39. The summed E-state index contributed by atoms with van der Waals surface area (Å²) in [4.78, 5) is 22.7. The lowest BCUT2D eigenvalue weighted by molar-refractivity contribution is -0.115. The molecule has 0 bridgehead atoms. The molecule has 114 valence electrons. The van der Waals surface area contributed by atoms with Crippen molar-refractivity contribution >= 4 is 22.0 Å². The fourth-order valence-electron chi connectivity index (χ4n) is 1.37. The third-order valence-electron chi connectivity index (χ3n) is 2.25. The van der Waals surface area contributed by atoms with Crippen molar-refractivity contribution in [3.05, 3.63) is 35.9 Å². The number of ether oxygens (including phenoxy) is 1. The Hall–Kier alpha value is -2.35. The second kappa shape index (κ2) is 6.89. The SMILES string of the molecule is COc1ccc(S(=O)(=O)NC(=O)NC(=O)C=C(C)C)cc1. The maximum atomic E-state index is 11.9. The lowest BCUT2D eigenvalue weighted by Gasteiger charge is -2.07. The first kappa shape index (κ1) is 16.7. The van der Waals surface area contributed by atoms with Crippen LogP contribution in [0.3, 0.4) is 0 Å². The molecule has 0 saturated heterocycles. The number of benzene rings is 1. The Bertz CT molecular complexity index is 658. The molecule has 1 aromatic rings. The summed E-state index contributed by atoms with van der Waals surface area (Å²) in [6, 6.07) is 4.34. The third kappa shape index (κ3) is 5.27. The number of allylic oxidation sites excluding steroid dienone is 1. The summed E-state index contributed by atoms with van der Waals surface area (Å²) in [5, 5.41) is 1.89. The summed E-state index contributed by atoms with van der Waals surface area (Å²) in [6.07, 6.45) is 1.18. The second-order valence-corrected chi connectivity index (χ2v) is 6.00. The Morgan fingerprint density at radius 2 is 1.71 bits per heavy atom. The van der Waals surface area contributed by atoms with Crippen molar-refractivity contribution in [2.24, 2.45) is 0 Å². The van der Waals surface area contributed by atoms with E-state index in [0.29, 0.717) is 11.3 Å². The molecule has 0 atom stereocenters. The van der Waals surface area contributed by atoms with Crippen molar-refractivity contribution in [2.45, 2.75) is 18.7 Å². The smallest absolute Gasteiger partial charge is 0.335 e. The van der Waals surface area contributed by atoms with Crippen LogP contribution in [0.15, 0.2) is 40.8 Å². The van der Waals surface area contributed by atoms with Crippen molar-refractivity contribution in [3.8, 4) is 5.75 Å². The number of urea groups is 1. The van der Waals surface area contributed by atoms with Gasteiger partial charge in [0.05, 0.1) is 12.0 Å². The number of hydrogen-bond acceptors (Lipinski definition) is 5. The molecule has 8 heteroatoms. The predicted molar refractivity (Wildman–Crippen MR) is 76.3 cm³/mol. The summed E-state index contributed by atoms with van der Waals surface area (Å²) >= 11 is 0. The molecule has 2 N–H and O–H groups in total. The topological polar surface area (TPSA) is 102 Å². The zero-order valence-electron chi connectivity index (χ0n) is 11.8. The van der Waals surface area contributed by atoms with Gasteiger partial charge in [0.1, 0.15) is 5.75 Å². The van der Waals surface area contributed by atoms with Crippen molar-refractivity contribution in [3.63, 3.8) is 0 Å². The standard InChI is InChI=1S/C13H16N2O5S/c1-9(2)8-12(16)14-13(17)15-21(18,19)11-6-4-10(20-3)5-7-11/h4-8H,1-3H3,(H2,14,15,16,17). The lowest BCUT2D eigenvalue weighted by Crippen LogP contribution is -2.41. The minimum Gasteiger partial charge on any atom is -0.497 e. The van der Waals surface area contributed by atoms with E-state index >= 15 is 0 Å². The third-order valence-corrected chi connectivity index (χ3v) is 3.60. The van der Waals surface area contributed by atoms with Gasteiger partial charge in [0, 0.05) is 6.08 Å². The first-order chi connectivity index (χ1) is 9.74. The van der Waals surface area contributed by atoms with Gasteiger partial charge in [-0.3, -0.25) is 10.1 Å². The molecule has 3 amide bonds. The highest BCUT2D eigenvalue weighted by molar-refractivity contribution is 7.90. The van der Waals surface area contributed by atoms with Crippen molar-refractivity contribution < 1.29 is 22.7 Å². The van der Waals surface area contributed by atoms with E-state index in [4.69, 9.17) is 4.74 Å². The Balaban J connectivity index is 2.77. The van der Waals surface area contributed by atoms with Crippen molar-refractivity contribution in [1.29, 1.82) is 0 Å². The average Bonchev–Trinajstić information content (AvgIpc) is 2.36. The van der Waals surface area contributed by atoms with Gasteiger partial charge in [0.25, 0.3) is 15.9 Å². The van der Waals surface area contributed by atoms with Crippen molar-refractivity contribution in [2.75, 3.05) is 7.11 Å². The van der Waals surface area contributed by atoms with Crippen LogP contribution in [0.25, 0.3) is 0 Å². The van der Waals surface area contributed by atoms with Crippen LogP contribution in [-0.4, -0.2) is 27.5 Å². The molecule has 7 nitrogen and oxygen atoms in total. The van der Waals surface area contributed by atoms with E-state index in [-0.39, 0.29) is 4.90 Å². The number of carbonyl (C=O) groups is 2. The number of hydrogen-bond donors (Lipinski definition) is 2. The van der Waals surface area contributed by atoms with Gasteiger partial charge in [-0.2, -0.15) is 0 Å². The maximum absolute atomic E-state index is 11.9. The number of carbonyl (C=O) groups excluding carboxylic acids is 2. The van der Waals surface area contributed by atoms with Crippen LogP contribution >= 0.6 is 0 Å². The van der Waals surface area contributed by atoms with Gasteiger partial charge in [0.15, 0.2) is 0 Å². The number of imide groups is 1. The number of methoxy groups -OCH3 is 1. The van der Waals surface area contributed by atoms with Crippen molar-refractivity contribution in [1.82, 2.24) is 10.0 Å². The average molecular weight is 312 g/mol. The molecular weight excluding hydrogens is 296 g/mol. The molecule has 0 fully saturated rings. The maximum Gasteiger partial charge on any atom is 0.335 e. The van der Waals surface area contributed by atoms with Gasteiger partial charge in [-0.05, 0) is 38.1 Å². The summed E-state index contributed by atoms with van der Waals surface area (Å²) < 4.78 is 30.5. The van der Waals surface area contributed by atoms with Crippen LogP contribution < -0.4 is 14.8 Å². The van der Waals surface area contributed by atoms with Crippen LogP contribution in [0, 0.1) is 0 Å². The molecule has 0 radical (unpaired) electrons. The first-order valence-electron chi connectivity index (χ1n) is 5.91. The summed E-state index contributed by atoms with van der Waals surface area (Å²) in [6.45, 7) is 3.34. The lowest BCUT2D eigenvalue weighted by atomic mass is 10.3. The summed E-state index contributed by atoms with van der Waals surface area (Å²) in [7, 11) is -2.60. The van der Waals surface area contributed by atoms with E-state index in [1.807, 2.05) is 5.32 Å². The van der Waals surface area contributed by atoms with Crippen LogP contribution in [0.1, 0.15) is 13.8 Å². The normalized spacial score (nSPS) is 10.4. The van der Waals surface area contributed by atoms with E-state index in [1.165, 1.54) is 37.5 Å². The molecule has 21 heavy (non-hydrogen) atoms. The number of sulfonamides is 1.